The number of nitrogens with two attached hydrogens (primary N) is 1. The Balaban J connectivity index is 1.83. The molecule has 0 unspecified atom stereocenters. The Morgan fingerprint density at radius 3 is 2.58 bits per heavy atom. The molecule has 0 radical (unpaired) electrons. The molecule has 0 fully saturated rings. The molecule has 4 aromatic rings. The zero-order valence-electron chi connectivity index (χ0n) is 17.2. The summed E-state index contributed by atoms with van der Waals surface area (Å²) < 4.78 is 45.6. The first-order chi connectivity index (χ1) is 15.7. The second-order valence-electron chi connectivity index (χ2n) is 7.15. The highest BCUT2D eigenvalue weighted by molar-refractivity contribution is 7.15. The van der Waals surface area contributed by atoms with E-state index in [2.05, 4.69) is 9.97 Å². The molecule has 4 rings (SSSR count). The third-order valence-electron chi connectivity index (χ3n) is 4.92. The number of methoxy groups -OCH3 is 1. The summed E-state index contributed by atoms with van der Waals surface area (Å²) in [6.07, 6.45) is -3.76. The van der Waals surface area contributed by atoms with Crippen LogP contribution in [0.25, 0.3) is 21.5 Å². The minimum Gasteiger partial charge on any atom is -0.398 e. The number of halogens is 3. The lowest BCUT2D eigenvalue weighted by atomic mass is 10.1. The summed E-state index contributed by atoms with van der Waals surface area (Å²) >= 11 is 0.467. The summed E-state index contributed by atoms with van der Waals surface area (Å²) in [7, 11) is 1.46. The molecule has 0 atom stereocenters. The average molecular weight is 471 g/mol. The number of anilines is 1. The van der Waals surface area contributed by atoms with Gasteiger partial charge < -0.3 is 10.5 Å². The van der Waals surface area contributed by atoms with Crippen molar-refractivity contribution in [2.75, 3.05) is 12.8 Å². The molecule has 0 aliphatic carbocycles. The fourth-order valence-corrected chi connectivity index (χ4v) is 4.14. The summed E-state index contributed by atoms with van der Waals surface area (Å²) in [6, 6.07) is 11.7. The Labute approximate surface area is 189 Å². The first kappa shape index (κ1) is 22.4. The number of thiazole rings is 1. The average Bonchev–Trinajstić information content (AvgIpc) is 3.28. The summed E-state index contributed by atoms with van der Waals surface area (Å²) in [4.78, 5) is 20.8. The molecule has 0 saturated heterocycles. The van der Waals surface area contributed by atoms with E-state index in [1.54, 1.807) is 24.3 Å². The van der Waals surface area contributed by atoms with Gasteiger partial charge in [0.1, 0.15) is 22.3 Å². The topological polar surface area (TPSA) is 107 Å². The van der Waals surface area contributed by atoms with Gasteiger partial charge in [0.15, 0.2) is 0 Å². The van der Waals surface area contributed by atoms with Gasteiger partial charge in [-0.3, -0.25) is 9.36 Å². The summed E-state index contributed by atoms with van der Waals surface area (Å²) in [5.74, 6) is 0.338. The number of nitrogens with zero attached hydrogens (tertiary/aromatic N) is 4. The normalized spacial score (nSPS) is 11.6. The highest BCUT2D eigenvalue weighted by Gasteiger charge is 2.33. The molecule has 2 N–H and O–H groups in total. The van der Waals surface area contributed by atoms with Gasteiger partial charge in [0.25, 0.3) is 5.56 Å². The van der Waals surface area contributed by atoms with E-state index in [4.69, 9.17) is 15.7 Å². The number of alkyl halides is 3. The van der Waals surface area contributed by atoms with Gasteiger partial charge in [-0.05, 0) is 29.8 Å². The van der Waals surface area contributed by atoms with Crippen molar-refractivity contribution in [1.29, 1.82) is 5.26 Å². The van der Waals surface area contributed by atoms with Crippen LogP contribution in [0, 0.1) is 11.3 Å². The summed E-state index contributed by atoms with van der Waals surface area (Å²) in [6.45, 7) is 0.228. The van der Waals surface area contributed by atoms with E-state index in [0.29, 0.717) is 22.7 Å². The fraction of sp³-hybridized carbons (Fsp3) is 0.182. The number of nitrogen functional groups attached to an aromatic ring is 1. The predicted octanol–water partition coefficient (Wildman–Crippen LogP) is 4.19. The second-order valence-corrected chi connectivity index (χ2v) is 8.18. The predicted molar refractivity (Wildman–Crippen MR) is 117 cm³/mol. The second kappa shape index (κ2) is 8.65. The number of aromatic nitrogens is 3. The van der Waals surface area contributed by atoms with Crippen LogP contribution in [0.1, 0.15) is 21.8 Å². The van der Waals surface area contributed by atoms with E-state index in [1.807, 2.05) is 6.07 Å². The van der Waals surface area contributed by atoms with Crippen molar-refractivity contribution in [3.63, 3.8) is 0 Å². The van der Waals surface area contributed by atoms with E-state index in [1.165, 1.54) is 23.8 Å². The maximum Gasteiger partial charge on any atom is 0.427 e. The zero-order chi connectivity index (χ0) is 23.8. The molecule has 0 saturated carbocycles. The molecule has 2 aromatic carbocycles. The van der Waals surface area contributed by atoms with Gasteiger partial charge in [-0.2, -0.15) is 18.4 Å². The highest BCUT2D eigenvalue weighted by atomic mass is 32.1. The Morgan fingerprint density at radius 1 is 1.24 bits per heavy atom. The van der Waals surface area contributed by atoms with Crippen molar-refractivity contribution in [2.24, 2.45) is 0 Å². The first-order valence-electron chi connectivity index (χ1n) is 9.55. The molecule has 2 heterocycles. The maximum absolute atomic E-state index is 13.3. The molecule has 168 valence electrons. The highest BCUT2D eigenvalue weighted by Crippen LogP contribution is 2.38. The molecule has 0 bridgehead atoms. The SMILES string of the molecule is COCc1nc2cc(-c3ncc(C(F)(F)F)s3)c(N)cc2c(=O)n1Cc1ccc(C#N)cc1. The molecule has 2 aromatic heterocycles. The number of ether oxygens (including phenoxy) is 1. The third-order valence-corrected chi connectivity index (χ3v) is 5.99. The van der Waals surface area contributed by atoms with Crippen molar-refractivity contribution >= 4 is 27.9 Å². The number of fused-ring (bicyclic) bond motifs is 1. The summed E-state index contributed by atoms with van der Waals surface area (Å²) in [5, 5.41) is 9.27. The van der Waals surface area contributed by atoms with Gasteiger partial charge in [0.05, 0.1) is 35.3 Å². The smallest absolute Gasteiger partial charge is 0.398 e. The molecule has 7 nitrogen and oxygen atoms in total. The Kier molecular flexibility index (Phi) is 5.88. The number of benzene rings is 2. The van der Waals surface area contributed by atoms with E-state index in [-0.39, 0.29) is 45.9 Å². The van der Waals surface area contributed by atoms with Gasteiger partial charge in [0.2, 0.25) is 0 Å². The molecule has 0 aliphatic rings. The molecule has 0 aliphatic heterocycles. The summed E-state index contributed by atoms with van der Waals surface area (Å²) in [5.41, 5.74) is 7.66. The van der Waals surface area contributed by atoms with Crippen molar-refractivity contribution < 1.29 is 17.9 Å². The number of hydrogen-bond donors (Lipinski definition) is 1. The van der Waals surface area contributed by atoms with Crippen molar-refractivity contribution in [3.05, 3.63) is 74.8 Å². The van der Waals surface area contributed by atoms with Crippen LogP contribution in [-0.4, -0.2) is 21.6 Å². The fourth-order valence-electron chi connectivity index (χ4n) is 3.32. The van der Waals surface area contributed by atoms with E-state index >= 15 is 0 Å². The van der Waals surface area contributed by atoms with Crippen molar-refractivity contribution in [2.45, 2.75) is 19.3 Å². The third kappa shape index (κ3) is 4.44. The van der Waals surface area contributed by atoms with Gasteiger partial charge in [-0.1, -0.05) is 12.1 Å². The van der Waals surface area contributed by atoms with E-state index in [0.717, 1.165) is 11.8 Å². The van der Waals surface area contributed by atoms with Crippen LogP contribution in [0.2, 0.25) is 0 Å². The Hall–Kier alpha value is -3.75. The Bertz CT molecular complexity index is 1440. The zero-order valence-corrected chi connectivity index (χ0v) is 18.0. The van der Waals surface area contributed by atoms with Crippen LogP contribution in [-0.2, 0) is 24.1 Å². The Morgan fingerprint density at radius 2 is 1.97 bits per heavy atom. The molecule has 11 heteroatoms. The van der Waals surface area contributed by atoms with Crippen LogP contribution in [0.5, 0.6) is 0 Å². The van der Waals surface area contributed by atoms with Gasteiger partial charge in [0, 0.05) is 18.4 Å². The van der Waals surface area contributed by atoms with E-state index < -0.39 is 11.1 Å². The minimum absolute atomic E-state index is 0.0383. The number of nitriles is 1. The molecule has 0 spiro atoms. The van der Waals surface area contributed by atoms with Gasteiger partial charge >= 0.3 is 6.18 Å². The van der Waals surface area contributed by atoms with Crippen molar-refractivity contribution in [3.8, 4) is 16.6 Å². The van der Waals surface area contributed by atoms with Crippen molar-refractivity contribution in [1.82, 2.24) is 14.5 Å². The molecule has 0 amide bonds. The molecule has 33 heavy (non-hydrogen) atoms. The van der Waals surface area contributed by atoms with Crippen LogP contribution >= 0.6 is 11.3 Å². The van der Waals surface area contributed by atoms with E-state index in [9.17, 15) is 18.0 Å². The molecular weight excluding hydrogens is 455 g/mol. The first-order valence-corrected chi connectivity index (χ1v) is 10.4. The minimum atomic E-state index is -4.51. The van der Waals surface area contributed by atoms with Crippen LogP contribution in [0.3, 0.4) is 0 Å². The maximum atomic E-state index is 13.3. The number of rotatable bonds is 5. The van der Waals surface area contributed by atoms with Gasteiger partial charge in [-0.25, -0.2) is 9.97 Å². The van der Waals surface area contributed by atoms with Gasteiger partial charge in [-0.15, -0.1) is 11.3 Å². The largest absolute Gasteiger partial charge is 0.427 e. The van der Waals surface area contributed by atoms with Crippen LogP contribution < -0.4 is 11.3 Å². The molecular formula is C22H16F3N5O2S. The lowest BCUT2D eigenvalue weighted by Gasteiger charge is -2.14. The van der Waals surface area contributed by atoms with Crippen LogP contribution in [0.4, 0.5) is 18.9 Å². The standard InChI is InChI=1S/C22H16F3N5O2S/c1-32-11-19-29-17-7-14(20-28-9-18(33-20)22(23,24)25)16(27)6-15(17)21(31)30(19)10-13-4-2-12(8-26)3-5-13/h2-7,9H,10-11,27H2,1H3. The lowest BCUT2D eigenvalue weighted by Crippen LogP contribution is -2.26. The van der Waals surface area contributed by atoms with Crippen LogP contribution in [0.15, 0.2) is 47.4 Å². The monoisotopic (exact) mass is 471 g/mol. The number of hydrogen-bond acceptors (Lipinski definition) is 7. The quantitative estimate of drug-likeness (QED) is 0.438. The lowest BCUT2D eigenvalue weighted by molar-refractivity contribution is -0.134.